The van der Waals surface area contributed by atoms with Crippen molar-refractivity contribution in [3.63, 3.8) is 0 Å². The molecule has 0 aliphatic rings. The van der Waals surface area contributed by atoms with Gasteiger partial charge >= 0.3 is 0 Å². The summed E-state index contributed by atoms with van der Waals surface area (Å²) in [5.41, 5.74) is 14.4. The summed E-state index contributed by atoms with van der Waals surface area (Å²) in [7, 11) is 0. The Kier molecular flexibility index (Phi) is 9.76. The minimum Gasteiger partial charge on any atom is -0.507 e. The Labute approximate surface area is 392 Å². The zero-order valence-electron chi connectivity index (χ0n) is 40.2. The van der Waals surface area contributed by atoms with Gasteiger partial charge in [-0.15, -0.1) is 0 Å². The number of phenols is 1. The summed E-state index contributed by atoms with van der Waals surface area (Å²) in [5, 5.41) is 20.4. The SMILES string of the molecule is CC(C)c1cc(-c2ccccc2)cc(C(C)C)c1-n1c(-c2cc(C(C)(C)C)cc(C(C)(C)C)c2O)nc2c(-c3ccc4c5ccccc5c5cc6oc7ccccc7c6cc5c4n3)cccc21. The molecule has 5 nitrogen and oxygen atoms in total. The van der Waals surface area contributed by atoms with E-state index in [0.29, 0.717) is 5.82 Å². The molecule has 8 aromatic carbocycles. The van der Waals surface area contributed by atoms with E-state index in [1.807, 2.05) is 12.1 Å². The average molecular weight is 876 g/mol. The van der Waals surface area contributed by atoms with Gasteiger partial charge in [-0.05, 0) is 121 Å². The lowest BCUT2D eigenvalue weighted by Crippen LogP contribution is -2.17. The van der Waals surface area contributed by atoms with Gasteiger partial charge in [-0.3, -0.25) is 4.57 Å². The predicted molar refractivity (Wildman–Crippen MR) is 282 cm³/mol. The third-order valence-electron chi connectivity index (χ3n) is 13.9. The van der Waals surface area contributed by atoms with Crippen molar-refractivity contribution < 1.29 is 9.52 Å². The fraction of sp³-hybridized carbons (Fsp3) is 0.226. The minimum atomic E-state index is -0.331. The zero-order chi connectivity index (χ0) is 46.7. The Balaban J connectivity index is 1.25. The second-order valence-corrected chi connectivity index (χ2v) is 21.2. The fourth-order valence-corrected chi connectivity index (χ4v) is 10.3. The van der Waals surface area contributed by atoms with E-state index in [2.05, 4.69) is 207 Å². The van der Waals surface area contributed by atoms with Crippen LogP contribution in [0.3, 0.4) is 0 Å². The van der Waals surface area contributed by atoms with E-state index in [-0.39, 0.29) is 28.4 Å². The standard InChI is InChI=1S/C62H57N3O2/c1-35(2)45-29-38(37-19-12-11-13-20-37)30-46(36(3)4)58(45)65-53-25-18-24-44(57(53)64-60(65)50-31-39(61(5,6)7)32-51(59(50)66)62(8,9)10)52-28-27-43-40-21-14-15-22-41(40)47-34-55-48(33-49(47)56(43)63-52)42-23-16-17-26-54(42)67-55/h11-36,66H,1-10H3. The normalized spacial score (nSPS) is 12.7. The van der Waals surface area contributed by atoms with Crippen molar-refractivity contribution >= 4 is 65.4 Å². The Morgan fingerprint density at radius 2 is 1.15 bits per heavy atom. The first-order chi connectivity index (χ1) is 32.1. The van der Waals surface area contributed by atoms with Crippen LogP contribution in [0.4, 0.5) is 0 Å². The topological polar surface area (TPSA) is 64.1 Å². The maximum absolute atomic E-state index is 12.7. The van der Waals surface area contributed by atoms with Gasteiger partial charge in [0.05, 0.1) is 33.5 Å². The predicted octanol–water partition coefficient (Wildman–Crippen LogP) is 17.3. The first-order valence-electron chi connectivity index (χ1n) is 23.8. The Hall–Kier alpha value is -7.24. The summed E-state index contributed by atoms with van der Waals surface area (Å²) >= 11 is 0. The summed E-state index contributed by atoms with van der Waals surface area (Å²) in [6, 6.07) is 52.0. The molecule has 0 aliphatic carbocycles. The van der Waals surface area contributed by atoms with Crippen LogP contribution in [0.15, 0.2) is 150 Å². The number of pyridine rings is 1. The smallest absolute Gasteiger partial charge is 0.149 e. The second-order valence-electron chi connectivity index (χ2n) is 21.2. The highest BCUT2D eigenvalue weighted by Gasteiger charge is 2.31. The van der Waals surface area contributed by atoms with E-state index >= 15 is 0 Å². The molecule has 0 fully saturated rings. The fourth-order valence-electron chi connectivity index (χ4n) is 10.3. The van der Waals surface area contributed by atoms with Crippen LogP contribution >= 0.6 is 0 Å². The van der Waals surface area contributed by atoms with Gasteiger partial charge < -0.3 is 9.52 Å². The number of aromatic nitrogens is 3. The van der Waals surface area contributed by atoms with Crippen LogP contribution in [0, 0.1) is 0 Å². The molecule has 0 spiro atoms. The van der Waals surface area contributed by atoms with Crippen molar-refractivity contribution in [2.45, 2.75) is 91.9 Å². The number of imidazole rings is 1. The van der Waals surface area contributed by atoms with Crippen molar-refractivity contribution in [1.82, 2.24) is 14.5 Å². The van der Waals surface area contributed by atoms with Gasteiger partial charge in [0.25, 0.3) is 0 Å². The third kappa shape index (κ3) is 6.89. The number of para-hydroxylation sites is 2. The molecule has 3 heterocycles. The number of fused-ring (bicyclic) bond motifs is 10. The lowest BCUT2D eigenvalue weighted by Gasteiger charge is -2.28. The highest BCUT2D eigenvalue weighted by Crippen LogP contribution is 2.47. The van der Waals surface area contributed by atoms with Crippen molar-refractivity contribution in [3.05, 3.63) is 168 Å². The van der Waals surface area contributed by atoms with Crippen LogP contribution in [0.5, 0.6) is 5.75 Å². The zero-order valence-corrected chi connectivity index (χ0v) is 40.2. The second kappa shape index (κ2) is 15.4. The molecule has 0 saturated heterocycles. The molecule has 5 heteroatoms. The number of benzene rings is 8. The number of hydrogen-bond donors (Lipinski definition) is 1. The van der Waals surface area contributed by atoms with Crippen molar-refractivity contribution in [3.8, 4) is 45.2 Å². The summed E-state index contributed by atoms with van der Waals surface area (Å²) in [6.07, 6.45) is 0. The van der Waals surface area contributed by atoms with Crippen LogP contribution < -0.4 is 0 Å². The number of furan rings is 1. The summed E-state index contributed by atoms with van der Waals surface area (Å²) < 4.78 is 8.79. The number of phenolic OH excluding ortho intramolecular Hbond substituents is 1. The molecule has 0 aliphatic heterocycles. The van der Waals surface area contributed by atoms with Crippen LogP contribution in [-0.2, 0) is 10.8 Å². The van der Waals surface area contributed by atoms with Gasteiger partial charge in [-0.25, -0.2) is 9.97 Å². The monoisotopic (exact) mass is 875 g/mol. The van der Waals surface area contributed by atoms with Gasteiger partial charge in [0.2, 0.25) is 0 Å². The minimum absolute atomic E-state index is 0.174. The summed E-state index contributed by atoms with van der Waals surface area (Å²) in [5.74, 6) is 1.32. The maximum Gasteiger partial charge on any atom is 0.149 e. The van der Waals surface area contributed by atoms with Gasteiger partial charge in [0.15, 0.2) is 0 Å². The van der Waals surface area contributed by atoms with Gasteiger partial charge in [-0.1, -0.05) is 160 Å². The molecule has 0 atom stereocenters. The van der Waals surface area contributed by atoms with E-state index in [4.69, 9.17) is 14.4 Å². The molecule has 0 unspecified atom stereocenters. The maximum atomic E-state index is 12.7. The van der Waals surface area contributed by atoms with E-state index in [1.54, 1.807) is 0 Å². The Morgan fingerprint density at radius 1 is 0.493 bits per heavy atom. The van der Waals surface area contributed by atoms with Crippen molar-refractivity contribution in [1.29, 1.82) is 0 Å². The molecule has 0 radical (unpaired) electrons. The highest BCUT2D eigenvalue weighted by atomic mass is 16.3. The Morgan fingerprint density at radius 3 is 1.82 bits per heavy atom. The highest BCUT2D eigenvalue weighted by molar-refractivity contribution is 6.27. The number of hydrogen-bond acceptors (Lipinski definition) is 4. The van der Waals surface area contributed by atoms with E-state index in [9.17, 15) is 5.11 Å². The molecular weight excluding hydrogens is 819 g/mol. The number of aromatic hydroxyl groups is 1. The van der Waals surface area contributed by atoms with Crippen LogP contribution in [0.2, 0.25) is 0 Å². The molecule has 11 rings (SSSR count). The van der Waals surface area contributed by atoms with Crippen LogP contribution in [0.25, 0.3) is 105 Å². The lowest BCUT2D eigenvalue weighted by molar-refractivity contribution is 0.446. The molecule has 1 N–H and O–H groups in total. The van der Waals surface area contributed by atoms with Gasteiger partial charge in [0.1, 0.15) is 22.7 Å². The summed E-state index contributed by atoms with van der Waals surface area (Å²) in [6.45, 7) is 22.4. The van der Waals surface area contributed by atoms with E-state index in [0.717, 1.165) is 93.7 Å². The molecule has 0 amide bonds. The van der Waals surface area contributed by atoms with Gasteiger partial charge in [0, 0.05) is 32.7 Å². The molecule has 11 aromatic rings. The van der Waals surface area contributed by atoms with Crippen molar-refractivity contribution in [2.75, 3.05) is 0 Å². The van der Waals surface area contributed by atoms with E-state index < -0.39 is 0 Å². The molecule has 0 saturated carbocycles. The van der Waals surface area contributed by atoms with Gasteiger partial charge in [-0.2, -0.15) is 0 Å². The Bertz CT molecular complexity index is 3750. The summed E-state index contributed by atoms with van der Waals surface area (Å²) in [4.78, 5) is 11.4. The number of nitrogens with zero attached hydrogens (tertiary/aromatic N) is 3. The lowest BCUT2D eigenvalue weighted by atomic mass is 9.78. The van der Waals surface area contributed by atoms with E-state index in [1.165, 1.54) is 27.6 Å². The largest absolute Gasteiger partial charge is 0.507 e. The number of rotatable bonds is 6. The first-order valence-corrected chi connectivity index (χ1v) is 23.8. The third-order valence-corrected chi connectivity index (χ3v) is 13.9. The van der Waals surface area contributed by atoms with Crippen LogP contribution in [-0.4, -0.2) is 19.6 Å². The molecule has 332 valence electrons. The quantitative estimate of drug-likeness (QED) is 0.169. The molecule has 3 aromatic heterocycles. The molecule has 0 bridgehead atoms. The van der Waals surface area contributed by atoms with Crippen LogP contribution in [0.1, 0.15) is 103 Å². The molecular formula is C62H57N3O2. The van der Waals surface area contributed by atoms with Crippen molar-refractivity contribution in [2.24, 2.45) is 0 Å². The first kappa shape index (κ1) is 42.4. The molecule has 67 heavy (non-hydrogen) atoms. The average Bonchev–Trinajstić information content (AvgIpc) is 3.88.